The van der Waals surface area contributed by atoms with Crippen molar-refractivity contribution in [2.24, 2.45) is 0 Å². The SMILES string of the molecule is Cc1cc2c([cH-]1)C(C)CCC2C.Cc1cc2c([cH-]1)C(C)CCC2C.Cl.Cl.[CH3-].[CH3-].[SiH2]=[Zr]. The summed E-state index contributed by atoms with van der Waals surface area (Å²) in [6.45, 7) is 15.8. The van der Waals surface area contributed by atoms with E-state index >= 15 is 0 Å². The van der Waals surface area contributed by atoms with Crippen LogP contribution in [0, 0.1) is 28.7 Å². The maximum absolute atomic E-state index is 2.37. The van der Waals surface area contributed by atoms with Crippen molar-refractivity contribution >= 4 is 31.7 Å². The van der Waals surface area contributed by atoms with Gasteiger partial charge in [-0.25, -0.2) is 12.1 Å². The van der Waals surface area contributed by atoms with Crippen molar-refractivity contribution in [1.29, 1.82) is 0 Å². The molecule has 0 bridgehead atoms. The molecule has 0 spiro atoms. The molecule has 0 amide bonds. The third-order valence-electron chi connectivity index (χ3n) is 6.39. The summed E-state index contributed by atoms with van der Waals surface area (Å²) in [7, 11) is 0. The zero-order valence-corrected chi connectivity index (χ0v) is 26.0. The van der Waals surface area contributed by atoms with Crippen LogP contribution in [0.2, 0.25) is 0 Å². The van der Waals surface area contributed by atoms with E-state index in [0.29, 0.717) is 0 Å². The van der Waals surface area contributed by atoms with E-state index in [1.807, 2.05) is 6.88 Å². The Labute approximate surface area is 217 Å². The van der Waals surface area contributed by atoms with Crippen LogP contribution in [0.4, 0.5) is 0 Å². The Morgan fingerprint density at radius 1 is 0.667 bits per heavy atom. The van der Waals surface area contributed by atoms with Crippen molar-refractivity contribution in [3.63, 3.8) is 0 Å². The molecule has 0 fully saturated rings. The zero-order chi connectivity index (χ0) is 19.4. The molecule has 2 aliphatic carbocycles. The zero-order valence-electron chi connectivity index (χ0n) is 20.5. The van der Waals surface area contributed by atoms with Gasteiger partial charge in [-0.2, -0.15) is 45.5 Å². The van der Waals surface area contributed by atoms with E-state index in [4.69, 9.17) is 0 Å². The molecule has 2 aliphatic rings. The van der Waals surface area contributed by atoms with Crippen molar-refractivity contribution in [3.8, 4) is 0 Å². The molecular weight excluding hydrogens is 503 g/mol. The van der Waals surface area contributed by atoms with Gasteiger partial charge >= 0.3 is 30.2 Å². The van der Waals surface area contributed by atoms with Crippen LogP contribution in [-0.4, -0.2) is 6.88 Å². The number of rotatable bonds is 0. The fraction of sp³-hybridized carbons (Fsp3) is 0.538. The van der Waals surface area contributed by atoms with Gasteiger partial charge < -0.3 is 14.9 Å². The van der Waals surface area contributed by atoms with Crippen LogP contribution < -0.4 is 0 Å². The van der Waals surface area contributed by atoms with Crippen molar-refractivity contribution in [2.75, 3.05) is 0 Å². The number of hydrogen-bond acceptors (Lipinski definition) is 0. The Bertz CT molecular complexity index is 603. The van der Waals surface area contributed by atoms with Gasteiger partial charge in [0.15, 0.2) is 0 Å². The normalized spacial score (nSPS) is 23.0. The molecule has 0 nitrogen and oxygen atoms in total. The van der Waals surface area contributed by atoms with E-state index in [0.717, 1.165) is 23.7 Å². The fourth-order valence-electron chi connectivity index (χ4n) is 4.73. The minimum absolute atomic E-state index is 0. The quantitative estimate of drug-likeness (QED) is 0.230. The molecule has 30 heavy (non-hydrogen) atoms. The fourth-order valence-corrected chi connectivity index (χ4v) is 4.73. The van der Waals surface area contributed by atoms with E-state index in [1.54, 1.807) is 45.6 Å². The van der Waals surface area contributed by atoms with E-state index in [1.165, 1.54) is 36.8 Å². The first-order chi connectivity index (χ1) is 12.4. The third kappa shape index (κ3) is 8.38. The minimum atomic E-state index is 0. The second-order valence-corrected chi connectivity index (χ2v) is 8.65. The average molecular weight is 547 g/mol. The molecule has 0 aliphatic heterocycles. The molecule has 2 aromatic carbocycles. The summed E-state index contributed by atoms with van der Waals surface area (Å²) < 4.78 is 0. The van der Waals surface area contributed by atoms with Gasteiger partial charge in [-0.15, -0.1) is 24.8 Å². The van der Waals surface area contributed by atoms with Gasteiger partial charge in [-0.3, -0.25) is 0 Å². The summed E-state index contributed by atoms with van der Waals surface area (Å²) in [5, 5.41) is 0. The first kappa shape index (κ1) is 35.0. The van der Waals surface area contributed by atoms with Gasteiger partial charge in [0.05, 0.1) is 0 Å². The molecule has 4 unspecified atom stereocenters. The summed E-state index contributed by atoms with van der Waals surface area (Å²) >= 11 is 1.58. The van der Waals surface area contributed by atoms with Gasteiger partial charge in [0.2, 0.25) is 0 Å². The molecule has 0 heterocycles. The molecule has 0 saturated carbocycles. The molecule has 4 rings (SSSR count). The Morgan fingerprint density at radius 2 is 0.933 bits per heavy atom. The first-order valence-corrected chi connectivity index (χ1v) is 16.2. The number of hydrogen-bond donors (Lipinski definition) is 0. The first-order valence-electron chi connectivity index (χ1n) is 10.3. The van der Waals surface area contributed by atoms with Crippen LogP contribution >= 0.6 is 24.8 Å². The Balaban J connectivity index is -0.000000400. The third-order valence-corrected chi connectivity index (χ3v) is 6.39. The number of aryl methyl sites for hydroxylation is 2. The second kappa shape index (κ2) is 16.1. The van der Waals surface area contributed by atoms with Crippen molar-refractivity contribution in [1.82, 2.24) is 0 Å². The molecule has 0 radical (unpaired) electrons. The monoisotopic (exact) mass is 544 g/mol. The Kier molecular flexibility index (Phi) is 18.7. The van der Waals surface area contributed by atoms with Crippen LogP contribution in [0.25, 0.3) is 0 Å². The maximum atomic E-state index is 2.37. The molecule has 174 valence electrons. The Morgan fingerprint density at radius 3 is 1.20 bits per heavy atom. The van der Waals surface area contributed by atoms with Crippen LogP contribution in [-0.2, 0) is 23.3 Å². The summed E-state index contributed by atoms with van der Waals surface area (Å²) in [6.07, 6.45) is 5.49. The molecule has 0 aromatic heterocycles. The molecule has 4 atom stereocenters. The van der Waals surface area contributed by atoms with Crippen molar-refractivity contribution < 1.29 is 23.3 Å². The van der Waals surface area contributed by atoms with Gasteiger partial charge in [-0.05, 0) is 24.7 Å². The average Bonchev–Trinajstić information content (AvgIpc) is 3.21. The van der Waals surface area contributed by atoms with E-state index < -0.39 is 0 Å². The van der Waals surface area contributed by atoms with Crippen LogP contribution in [0.3, 0.4) is 0 Å². The molecular formula is C26H44Cl2SiZr-4. The predicted octanol–water partition coefficient (Wildman–Crippen LogP) is 8.25. The van der Waals surface area contributed by atoms with E-state index in [-0.39, 0.29) is 39.7 Å². The van der Waals surface area contributed by atoms with Gasteiger partial charge in [0.1, 0.15) is 0 Å². The van der Waals surface area contributed by atoms with Gasteiger partial charge in [-0.1, -0.05) is 66.2 Å². The summed E-state index contributed by atoms with van der Waals surface area (Å²) in [6, 6.07) is 9.48. The molecule has 2 aromatic rings. The number of fused-ring (bicyclic) bond motifs is 2. The van der Waals surface area contributed by atoms with Crippen LogP contribution in [0.5, 0.6) is 0 Å². The second-order valence-electron chi connectivity index (χ2n) is 8.65. The summed E-state index contributed by atoms with van der Waals surface area (Å²) in [4.78, 5) is 0. The standard InChI is InChI=1S/2C12H17.2CH3.2ClH.H2Si.Zr/c2*1-8-6-11-9(2)4-5-10(3)12(11)7-8;;;;;;/h2*6-7,9-10H,4-5H2,1-3H3;2*1H3;2*1H;1H2;/q4*-1;;;;. The molecule has 0 N–H and O–H groups in total. The van der Waals surface area contributed by atoms with Crippen molar-refractivity contribution in [2.45, 2.75) is 90.9 Å². The molecule has 4 heteroatoms. The van der Waals surface area contributed by atoms with Crippen LogP contribution in [0.1, 0.15) is 110 Å². The van der Waals surface area contributed by atoms with E-state index in [2.05, 4.69) is 65.8 Å². The van der Waals surface area contributed by atoms with E-state index in [9.17, 15) is 0 Å². The number of halogens is 2. The van der Waals surface area contributed by atoms with Crippen molar-refractivity contribution in [3.05, 3.63) is 72.5 Å². The molecule has 0 saturated heterocycles. The topological polar surface area (TPSA) is 0 Å². The summed E-state index contributed by atoms with van der Waals surface area (Å²) in [5.41, 5.74) is 9.36. The van der Waals surface area contributed by atoms with Crippen LogP contribution in [0.15, 0.2) is 24.3 Å². The Hall–Kier alpha value is 0.380. The predicted molar refractivity (Wildman–Crippen MR) is 142 cm³/mol. The van der Waals surface area contributed by atoms with Gasteiger partial charge in [0, 0.05) is 0 Å². The van der Waals surface area contributed by atoms with Gasteiger partial charge in [0.25, 0.3) is 0 Å². The summed E-state index contributed by atoms with van der Waals surface area (Å²) in [5.74, 6) is 3.18.